The normalized spacial score (nSPS) is 10.4. The maximum atomic E-state index is 5.59. The van der Waals surface area contributed by atoms with Gasteiger partial charge in [0.05, 0.1) is 5.52 Å². The number of alkyl halides is 1. The number of benzene rings is 1. The van der Waals surface area contributed by atoms with E-state index in [1.165, 1.54) is 0 Å². The molecule has 0 unspecified atom stereocenters. The van der Waals surface area contributed by atoms with E-state index in [4.69, 9.17) is 11.6 Å². The van der Waals surface area contributed by atoms with Gasteiger partial charge in [-0.2, -0.15) is 0 Å². The molecule has 1 N–H and O–H groups in total. The van der Waals surface area contributed by atoms with E-state index >= 15 is 0 Å². The highest BCUT2D eigenvalue weighted by atomic mass is 35.5. The van der Waals surface area contributed by atoms with E-state index in [-0.39, 0.29) is 0 Å². The first-order chi connectivity index (χ1) is 6.90. The smallest absolute Gasteiger partial charge is 0.0703 e. The van der Waals surface area contributed by atoms with Crippen molar-refractivity contribution in [3.63, 3.8) is 0 Å². The van der Waals surface area contributed by atoms with Gasteiger partial charge in [-0.15, -0.1) is 11.6 Å². The molecule has 0 spiro atoms. The third kappa shape index (κ3) is 1.96. The Morgan fingerprint density at radius 1 is 1.29 bits per heavy atom. The molecule has 0 fully saturated rings. The number of pyridine rings is 1. The van der Waals surface area contributed by atoms with Crippen LogP contribution in [0.25, 0.3) is 10.9 Å². The van der Waals surface area contributed by atoms with E-state index < -0.39 is 0 Å². The third-order valence-corrected chi connectivity index (χ3v) is 2.22. The fourth-order valence-corrected chi connectivity index (χ4v) is 1.47. The highest BCUT2D eigenvalue weighted by molar-refractivity contribution is 6.18. The standard InChI is InChI=1S/C11H11ClN2/c12-5-7-13-10-3-4-11-9(8-10)2-1-6-14-11/h1-4,6,8,13H,5,7H2. The van der Waals surface area contributed by atoms with Crippen LogP contribution in [0.1, 0.15) is 0 Å². The first-order valence-corrected chi connectivity index (χ1v) is 5.08. The fraction of sp³-hybridized carbons (Fsp3) is 0.182. The molecule has 3 heteroatoms. The van der Waals surface area contributed by atoms with Gasteiger partial charge in [0.15, 0.2) is 0 Å². The van der Waals surface area contributed by atoms with Gasteiger partial charge < -0.3 is 5.32 Å². The van der Waals surface area contributed by atoms with Crippen LogP contribution in [0.5, 0.6) is 0 Å². The van der Waals surface area contributed by atoms with E-state index in [1.54, 1.807) is 6.20 Å². The molecule has 0 aliphatic rings. The van der Waals surface area contributed by atoms with Gasteiger partial charge in [-0.1, -0.05) is 6.07 Å². The fourth-order valence-electron chi connectivity index (χ4n) is 1.38. The van der Waals surface area contributed by atoms with Crippen LogP contribution >= 0.6 is 11.6 Å². The average molecular weight is 207 g/mol. The quantitative estimate of drug-likeness (QED) is 0.782. The van der Waals surface area contributed by atoms with Gasteiger partial charge in [0.25, 0.3) is 0 Å². The van der Waals surface area contributed by atoms with Crippen molar-refractivity contribution in [2.75, 3.05) is 17.7 Å². The molecule has 0 atom stereocenters. The molecule has 1 aromatic heterocycles. The molecule has 0 amide bonds. The lowest BCUT2D eigenvalue weighted by molar-refractivity contribution is 1.22. The van der Waals surface area contributed by atoms with Gasteiger partial charge in [-0.05, 0) is 24.3 Å². The van der Waals surface area contributed by atoms with Crippen molar-refractivity contribution < 1.29 is 0 Å². The van der Waals surface area contributed by atoms with Gasteiger partial charge in [0.2, 0.25) is 0 Å². The topological polar surface area (TPSA) is 24.9 Å². The Labute approximate surface area is 87.9 Å². The first kappa shape index (κ1) is 9.28. The van der Waals surface area contributed by atoms with E-state index in [1.807, 2.05) is 24.3 Å². The Bertz CT molecular complexity index is 428. The van der Waals surface area contributed by atoms with Crippen molar-refractivity contribution in [3.8, 4) is 0 Å². The molecular formula is C11H11ClN2. The number of rotatable bonds is 3. The van der Waals surface area contributed by atoms with Gasteiger partial charge in [-0.3, -0.25) is 4.98 Å². The molecule has 0 bridgehead atoms. The Kier molecular flexibility index (Phi) is 2.84. The molecule has 0 radical (unpaired) electrons. The van der Waals surface area contributed by atoms with Gasteiger partial charge in [0, 0.05) is 29.7 Å². The molecule has 2 rings (SSSR count). The molecule has 0 saturated carbocycles. The number of fused-ring (bicyclic) bond motifs is 1. The van der Waals surface area contributed by atoms with E-state index in [2.05, 4.69) is 16.4 Å². The molecule has 0 aliphatic heterocycles. The van der Waals surface area contributed by atoms with Crippen molar-refractivity contribution in [1.29, 1.82) is 0 Å². The van der Waals surface area contributed by atoms with Crippen molar-refractivity contribution in [1.82, 2.24) is 4.98 Å². The van der Waals surface area contributed by atoms with Crippen LogP contribution in [0.4, 0.5) is 5.69 Å². The molecule has 0 saturated heterocycles. The van der Waals surface area contributed by atoms with Crippen LogP contribution in [0.3, 0.4) is 0 Å². The molecule has 1 aromatic carbocycles. The minimum absolute atomic E-state index is 0.616. The first-order valence-electron chi connectivity index (χ1n) is 4.55. The summed E-state index contributed by atoms with van der Waals surface area (Å²) in [6, 6.07) is 10.1. The lowest BCUT2D eigenvalue weighted by atomic mass is 10.2. The number of nitrogens with one attached hydrogen (secondary N) is 1. The summed E-state index contributed by atoms with van der Waals surface area (Å²) < 4.78 is 0. The van der Waals surface area contributed by atoms with Gasteiger partial charge >= 0.3 is 0 Å². The molecule has 14 heavy (non-hydrogen) atoms. The monoisotopic (exact) mass is 206 g/mol. The molecular weight excluding hydrogens is 196 g/mol. The number of halogens is 1. The zero-order valence-corrected chi connectivity index (χ0v) is 8.46. The van der Waals surface area contributed by atoms with Crippen LogP contribution in [0.15, 0.2) is 36.5 Å². The Morgan fingerprint density at radius 2 is 2.21 bits per heavy atom. The molecule has 72 valence electrons. The molecule has 0 aliphatic carbocycles. The van der Waals surface area contributed by atoms with Crippen molar-refractivity contribution in [3.05, 3.63) is 36.5 Å². The summed E-state index contributed by atoms with van der Waals surface area (Å²) in [7, 11) is 0. The summed E-state index contributed by atoms with van der Waals surface area (Å²) in [5.74, 6) is 0.616. The maximum absolute atomic E-state index is 5.59. The molecule has 2 nitrogen and oxygen atoms in total. The third-order valence-electron chi connectivity index (χ3n) is 2.03. The number of anilines is 1. The predicted octanol–water partition coefficient (Wildman–Crippen LogP) is 2.89. The summed E-state index contributed by atoms with van der Waals surface area (Å²) in [6.45, 7) is 0.785. The second-order valence-electron chi connectivity index (χ2n) is 3.03. The molecule has 1 heterocycles. The highest BCUT2D eigenvalue weighted by Crippen LogP contribution is 2.16. The van der Waals surface area contributed by atoms with E-state index in [9.17, 15) is 0 Å². The highest BCUT2D eigenvalue weighted by Gasteiger charge is 1.95. The van der Waals surface area contributed by atoms with Gasteiger partial charge in [0.1, 0.15) is 0 Å². The summed E-state index contributed by atoms with van der Waals surface area (Å²) in [5, 5.41) is 4.37. The van der Waals surface area contributed by atoms with E-state index in [0.29, 0.717) is 5.88 Å². The number of aromatic nitrogens is 1. The largest absolute Gasteiger partial charge is 0.384 e. The minimum atomic E-state index is 0.616. The number of hydrogen-bond donors (Lipinski definition) is 1. The van der Waals surface area contributed by atoms with Crippen molar-refractivity contribution in [2.24, 2.45) is 0 Å². The summed E-state index contributed by atoms with van der Waals surface area (Å²) in [4.78, 5) is 4.25. The Balaban J connectivity index is 2.32. The number of nitrogens with zero attached hydrogens (tertiary/aromatic N) is 1. The average Bonchev–Trinajstić information content (AvgIpc) is 2.26. The van der Waals surface area contributed by atoms with Crippen LogP contribution in [-0.4, -0.2) is 17.4 Å². The zero-order valence-electron chi connectivity index (χ0n) is 7.70. The summed E-state index contributed by atoms with van der Waals surface area (Å²) in [5.41, 5.74) is 2.11. The van der Waals surface area contributed by atoms with Crippen LogP contribution in [0.2, 0.25) is 0 Å². The van der Waals surface area contributed by atoms with E-state index in [0.717, 1.165) is 23.1 Å². The predicted molar refractivity (Wildman–Crippen MR) is 61.0 cm³/mol. The minimum Gasteiger partial charge on any atom is -0.384 e. The number of hydrogen-bond acceptors (Lipinski definition) is 2. The van der Waals surface area contributed by atoms with Gasteiger partial charge in [-0.25, -0.2) is 0 Å². The summed E-state index contributed by atoms with van der Waals surface area (Å²) >= 11 is 5.59. The zero-order chi connectivity index (χ0) is 9.80. The van der Waals surface area contributed by atoms with Crippen LogP contribution in [0, 0.1) is 0 Å². The SMILES string of the molecule is ClCCNc1ccc2ncccc2c1. The summed E-state index contributed by atoms with van der Waals surface area (Å²) in [6.07, 6.45) is 1.80. The van der Waals surface area contributed by atoms with Crippen molar-refractivity contribution >= 4 is 28.2 Å². The van der Waals surface area contributed by atoms with Crippen molar-refractivity contribution in [2.45, 2.75) is 0 Å². The van der Waals surface area contributed by atoms with Crippen LogP contribution < -0.4 is 5.32 Å². The lowest BCUT2D eigenvalue weighted by Crippen LogP contribution is -2.01. The van der Waals surface area contributed by atoms with Crippen LogP contribution in [-0.2, 0) is 0 Å². The lowest BCUT2D eigenvalue weighted by Gasteiger charge is -2.04. The second kappa shape index (κ2) is 4.29. The molecule has 2 aromatic rings. The second-order valence-corrected chi connectivity index (χ2v) is 3.40. The Morgan fingerprint density at radius 3 is 3.07 bits per heavy atom. The Hall–Kier alpha value is -1.28. The maximum Gasteiger partial charge on any atom is 0.0703 e.